The van der Waals surface area contributed by atoms with Gasteiger partial charge in [0, 0.05) is 18.3 Å². The molecular formula is C17H28N4O2. The summed E-state index contributed by atoms with van der Waals surface area (Å²) in [6.07, 6.45) is 5.51. The van der Waals surface area contributed by atoms with Gasteiger partial charge in [0.15, 0.2) is 0 Å². The zero-order chi connectivity index (χ0) is 16.7. The molecule has 0 saturated heterocycles. The van der Waals surface area contributed by atoms with E-state index in [2.05, 4.69) is 10.9 Å². The molecule has 2 atom stereocenters. The Morgan fingerprint density at radius 1 is 1.26 bits per heavy atom. The zero-order valence-electron chi connectivity index (χ0n) is 13.5. The molecule has 0 spiro atoms. The highest BCUT2D eigenvalue weighted by Gasteiger charge is 2.26. The number of benzene rings is 1. The van der Waals surface area contributed by atoms with Crippen LogP contribution in [0, 0.1) is 5.92 Å². The zero-order valence-corrected chi connectivity index (χ0v) is 13.5. The minimum atomic E-state index is -1.20. The van der Waals surface area contributed by atoms with Crippen LogP contribution < -0.4 is 22.3 Å². The maximum Gasteiger partial charge on any atom is 0.264 e. The lowest BCUT2D eigenvalue weighted by molar-refractivity contribution is -0.131. The summed E-state index contributed by atoms with van der Waals surface area (Å²) in [5.41, 5.74) is 18.7. The lowest BCUT2D eigenvalue weighted by Crippen LogP contribution is -2.51. The number of carbonyl (C=O) groups is 1. The molecule has 7 N–H and O–H groups in total. The molecule has 1 aromatic rings. The van der Waals surface area contributed by atoms with E-state index in [0.29, 0.717) is 24.6 Å². The monoisotopic (exact) mass is 320 g/mol. The molecule has 0 radical (unpaired) electrons. The van der Waals surface area contributed by atoms with Crippen molar-refractivity contribution >= 4 is 11.6 Å². The topological polar surface area (TPSA) is 113 Å². The van der Waals surface area contributed by atoms with Gasteiger partial charge in [-0.25, -0.2) is 5.43 Å². The molecule has 1 aliphatic carbocycles. The number of hydrogen-bond acceptors (Lipinski definition) is 5. The molecule has 1 fully saturated rings. The minimum absolute atomic E-state index is 0.392. The molecule has 2 unspecified atom stereocenters. The normalized spacial score (nSPS) is 18.3. The molecule has 1 saturated carbocycles. The van der Waals surface area contributed by atoms with Crippen molar-refractivity contribution in [1.29, 1.82) is 0 Å². The fourth-order valence-electron chi connectivity index (χ4n) is 3.13. The van der Waals surface area contributed by atoms with E-state index in [1.54, 1.807) is 6.07 Å². The number of rotatable bonds is 7. The van der Waals surface area contributed by atoms with E-state index in [4.69, 9.17) is 11.5 Å². The van der Waals surface area contributed by atoms with Crippen LogP contribution in [-0.4, -0.2) is 23.2 Å². The predicted octanol–water partition coefficient (Wildman–Crippen LogP) is 1.05. The number of aliphatic hydroxyl groups is 1. The molecular weight excluding hydrogens is 292 g/mol. The number of anilines is 1. The summed E-state index contributed by atoms with van der Waals surface area (Å²) in [4.78, 5) is 12.0. The van der Waals surface area contributed by atoms with E-state index in [-0.39, 0.29) is 0 Å². The van der Waals surface area contributed by atoms with Crippen LogP contribution in [0.2, 0.25) is 0 Å². The standard InChI is InChI=1S/C17H28N4O2/c18-14-9-5-4-8-13(14)11-20-21-17(23)16(22)15(19)10-12-6-2-1-3-7-12/h4-5,8-9,12,15-16,20,22H,1-3,6-7,10-11,18-19H2,(H,21,23). The summed E-state index contributed by atoms with van der Waals surface area (Å²) < 4.78 is 0. The third-order valence-electron chi connectivity index (χ3n) is 4.55. The van der Waals surface area contributed by atoms with E-state index in [1.165, 1.54) is 19.3 Å². The fourth-order valence-corrected chi connectivity index (χ4v) is 3.13. The van der Waals surface area contributed by atoms with Gasteiger partial charge in [-0.1, -0.05) is 50.3 Å². The van der Waals surface area contributed by atoms with Crippen LogP contribution >= 0.6 is 0 Å². The summed E-state index contributed by atoms with van der Waals surface area (Å²) in [7, 11) is 0. The summed E-state index contributed by atoms with van der Waals surface area (Å²) in [5.74, 6) is 0.0288. The number of aliphatic hydroxyl groups excluding tert-OH is 1. The van der Waals surface area contributed by atoms with E-state index >= 15 is 0 Å². The molecule has 6 nitrogen and oxygen atoms in total. The molecule has 23 heavy (non-hydrogen) atoms. The molecule has 0 heterocycles. The first kappa shape index (κ1) is 17.7. The Bertz CT molecular complexity index is 503. The highest BCUT2D eigenvalue weighted by atomic mass is 16.3. The Morgan fingerprint density at radius 3 is 2.65 bits per heavy atom. The Hall–Kier alpha value is -1.63. The first-order valence-electron chi connectivity index (χ1n) is 8.37. The second-order valence-corrected chi connectivity index (χ2v) is 6.39. The van der Waals surface area contributed by atoms with Crippen molar-refractivity contribution < 1.29 is 9.90 Å². The molecule has 0 aliphatic heterocycles. The second-order valence-electron chi connectivity index (χ2n) is 6.39. The molecule has 6 heteroatoms. The summed E-state index contributed by atoms with van der Waals surface area (Å²) >= 11 is 0. The van der Waals surface area contributed by atoms with E-state index < -0.39 is 18.1 Å². The maximum absolute atomic E-state index is 12.0. The first-order valence-corrected chi connectivity index (χ1v) is 8.37. The van der Waals surface area contributed by atoms with Gasteiger partial charge in [-0.05, 0) is 24.0 Å². The van der Waals surface area contributed by atoms with Gasteiger partial charge in [0.25, 0.3) is 5.91 Å². The predicted molar refractivity (Wildman–Crippen MR) is 91.0 cm³/mol. The van der Waals surface area contributed by atoms with Crippen LogP contribution in [0.15, 0.2) is 24.3 Å². The number of amides is 1. The molecule has 1 amide bonds. The van der Waals surface area contributed by atoms with Gasteiger partial charge in [-0.15, -0.1) is 0 Å². The van der Waals surface area contributed by atoms with Gasteiger partial charge < -0.3 is 16.6 Å². The first-order chi connectivity index (χ1) is 11.1. The number of carbonyl (C=O) groups excluding carboxylic acids is 1. The number of hydrogen-bond donors (Lipinski definition) is 5. The highest BCUT2D eigenvalue weighted by Crippen LogP contribution is 2.27. The van der Waals surface area contributed by atoms with Crippen molar-refractivity contribution in [3.63, 3.8) is 0 Å². The van der Waals surface area contributed by atoms with Crippen molar-refractivity contribution in [2.24, 2.45) is 11.7 Å². The number of nitrogens with two attached hydrogens (primary N) is 2. The molecule has 0 aromatic heterocycles. The average molecular weight is 320 g/mol. The van der Waals surface area contributed by atoms with Crippen molar-refractivity contribution in [2.45, 2.75) is 57.2 Å². The Balaban J connectivity index is 1.72. The number of nitrogens with one attached hydrogen (secondary N) is 2. The molecule has 0 bridgehead atoms. The third kappa shape index (κ3) is 5.49. The molecule has 1 aliphatic rings. The van der Waals surface area contributed by atoms with Crippen molar-refractivity contribution in [2.75, 3.05) is 5.73 Å². The highest BCUT2D eigenvalue weighted by molar-refractivity contribution is 5.80. The van der Waals surface area contributed by atoms with Crippen molar-refractivity contribution in [3.05, 3.63) is 29.8 Å². The number of hydrazine groups is 1. The smallest absolute Gasteiger partial charge is 0.264 e. The van der Waals surface area contributed by atoms with Crippen molar-refractivity contribution in [3.8, 4) is 0 Å². The second kappa shape index (κ2) is 8.86. The summed E-state index contributed by atoms with van der Waals surface area (Å²) in [6, 6.07) is 6.88. The lowest BCUT2D eigenvalue weighted by Gasteiger charge is -2.26. The summed E-state index contributed by atoms with van der Waals surface area (Å²) in [5, 5.41) is 10.1. The molecule has 1 aromatic carbocycles. The van der Waals surface area contributed by atoms with Gasteiger partial charge in [0.2, 0.25) is 0 Å². The van der Waals surface area contributed by atoms with E-state index in [9.17, 15) is 9.90 Å². The van der Waals surface area contributed by atoms with Crippen LogP contribution in [0.3, 0.4) is 0 Å². The van der Waals surface area contributed by atoms with E-state index in [1.807, 2.05) is 18.2 Å². The number of nitrogen functional groups attached to an aromatic ring is 1. The van der Waals surface area contributed by atoms with Crippen LogP contribution in [-0.2, 0) is 11.3 Å². The Labute approximate surface area is 137 Å². The Kier molecular flexibility index (Phi) is 6.83. The van der Waals surface area contributed by atoms with Crippen LogP contribution in [0.5, 0.6) is 0 Å². The molecule has 128 valence electrons. The quantitative estimate of drug-likeness (QED) is 0.381. The SMILES string of the molecule is Nc1ccccc1CNNC(=O)C(O)C(N)CC1CCCCC1. The molecule has 2 rings (SSSR count). The fraction of sp³-hybridized carbons (Fsp3) is 0.588. The van der Waals surface area contributed by atoms with Gasteiger partial charge >= 0.3 is 0 Å². The van der Waals surface area contributed by atoms with E-state index in [0.717, 1.165) is 18.4 Å². The van der Waals surface area contributed by atoms with Gasteiger partial charge in [0.05, 0.1) is 0 Å². The van der Waals surface area contributed by atoms with Crippen LogP contribution in [0.4, 0.5) is 5.69 Å². The van der Waals surface area contributed by atoms with Crippen molar-refractivity contribution in [1.82, 2.24) is 10.9 Å². The lowest BCUT2D eigenvalue weighted by atomic mass is 9.84. The van der Waals surface area contributed by atoms with Crippen LogP contribution in [0.1, 0.15) is 44.1 Å². The maximum atomic E-state index is 12.0. The van der Waals surface area contributed by atoms with Gasteiger partial charge in [-0.3, -0.25) is 10.2 Å². The Morgan fingerprint density at radius 2 is 1.96 bits per heavy atom. The number of para-hydroxylation sites is 1. The van der Waals surface area contributed by atoms with Crippen LogP contribution in [0.25, 0.3) is 0 Å². The largest absolute Gasteiger partial charge is 0.398 e. The summed E-state index contributed by atoms with van der Waals surface area (Å²) in [6.45, 7) is 0.392. The minimum Gasteiger partial charge on any atom is -0.398 e. The van der Waals surface area contributed by atoms with Gasteiger partial charge in [0.1, 0.15) is 6.10 Å². The third-order valence-corrected chi connectivity index (χ3v) is 4.55. The average Bonchev–Trinajstić information content (AvgIpc) is 2.56. The van der Waals surface area contributed by atoms with Gasteiger partial charge in [-0.2, -0.15) is 0 Å².